The molecule has 0 spiro atoms. The largest absolute Gasteiger partial charge is 0.481 e. The van der Waals surface area contributed by atoms with Crippen LogP contribution in [0.25, 0.3) is 0 Å². The zero-order valence-corrected chi connectivity index (χ0v) is 12.7. The molecule has 2 aliphatic rings. The van der Waals surface area contributed by atoms with Crippen LogP contribution in [0, 0.1) is 0 Å². The maximum atomic E-state index is 12.1. The smallest absolute Gasteiger partial charge is 0.339 e. The van der Waals surface area contributed by atoms with E-state index in [9.17, 15) is 4.79 Å². The Labute approximate surface area is 131 Å². The molecule has 0 saturated heterocycles. The Balaban J connectivity index is 1.64. The van der Waals surface area contributed by atoms with Crippen molar-refractivity contribution in [3.63, 3.8) is 0 Å². The van der Waals surface area contributed by atoms with E-state index in [4.69, 9.17) is 9.47 Å². The van der Waals surface area contributed by atoms with Crippen LogP contribution in [-0.2, 0) is 16.1 Å². The third-order valence-electron chi connectivity index (χ3n) is 3.00. The Hall–Kier alpha value is -2.41. The van der Waals surface area contributed by atoms with Crippen molar-refractivity contribution in [2.75, 3.05) is 13.8 Å². The number of ether oxygens (including phenoxy) is 2. The summed E-state index contributed by atoms with van der Waals surface area (Å²) >= 11 is 1.41. The van der Waals surface area contributed by atoms with Crippen molar-refractivity contribution in [3.05, 3.63) is 46.5 Å². The monoisotopic (exact) mass is 315 g/mol. The highest BCUT2D eigenvalue weighted by atomic mass is 32.2. The number of pyridine rings is 1. The van der Waals surface area contributed by atoms with Crippen molar-refractivity contribution in [2.24, 2.45) is 9.98 Å². The summed E-state index contributed by atoms with van der Waals surface area (Å²) in [5.41, 5.74) is 2.16. The van der Waals surface area contributed by atoms with Gasteiger partial charge in [-0.15, -0.1) is 0 Å². The first-order valence-electron chi connectivity index (χ1n) is 6.55. The molecule has 3 rings (SSSR count). The maximum Gasteiger partial charge on any atom is 0.339 e. The van der Waals surface area contributed by atoms with Crippen LogP contribution >= 0.6 is 11.8 Å². The van der Waals surface area contributed by atoms with Gasteiger partial charge in [-0.3, -0.25) is 9.98 Å². The average molecular weight is 315 g/mol. The highest BCUT2D eigenvalue weighted by Gasteiger charge is 2.19. The maximum absolute atomic E-state index is 12.1. The van der Waals surface area contributed by atoms with E-state index in [0.717, 1.165) is 16.2 Å². The number of esters is 1. The minimum absolute atomic E-state index is 0.165. The van der Waals surface area contributed by atoms with Crippen LogP contribution in [0.1, 0.15) is 5.56 Å². The second kappa shape index (κ2) is 6.57. The molecule has 0 unspecified atom stereocenters. The number of fused-ring (bicyclic) bond motifs is 1. The number of rotatable bonds is 4. The number of aromatic nitrogens is 1. The molecular formula is C15H13N3O3S. The van der Waals surface area contributed by atoms with Crippen LogP contribution in [-0.4, -0.2) is 36.0 Å². The molecule has 0 bridgehead atoms. The molecule has 0 saturated carbocycles. The van der Waals surface area contributed by atoms with E-state index in [1.54, 1.807) is 43.1 Å². The lowest BCUT2D eigenvalue weighted by Gasteiger charge is -2.14. The van der Waals surface area contributed by atoms with Gasteiger partial charge in [-0.1, -0.05) is 11.8 Å². The molecule has 0 aliphatic carbocycles. The first-order valence-corrected chi connectivity index (χ1v) is 7.43. The van der Waals surface area contributed by atoms with Crippen LogP contribution in [0.15, 0.2) is 50.9 Å². The van der Waals surface area contributed by atoms with Crippen molar-refractivity contribution >= 4 is 29.0 Å². The zero-order valence-electron chi connectivity index (χ0n) is 11.9. The number of hydrogen-bond acceptors (Lipinski definition) is 7. The van der Waals surface area contributed by atoms with E-state index in [1.807, 2.05) is 0 Å². The van der Waals surface area contributed by atoms with E-state index in [0.29, 0.717) is 18.1 Å². The first kappa shape index (κ1) is 14.5. The number of hydrogen-bond donors (Lipinski definition) is 0. The van der Waals surface area contributed by atoms with Gasteiger partial charge in [0.1, 0.15) is 18.3 Å². The lowest BCUT2D eigenvalue weighted by atomic mass is 10.2. The van der Waals surface area contributed by atoms with Crippen LogP contribution in [0.5, 0.6) is 5.88 Å². The fraction of sp³-hybridized carbons (Fsp3) is 0.200. The Kier molecular flexibility index (Phi) is 4.34. The van der Waals surface area contributed by atoms with Gasteiger partial charge in [0.25, 0.3) is 0 Å². The van der Waals surface area contributed by atoms with Crippen LogP contribution < -0.4 is 4.74 Å². The minimum Gasteiger partial charge on any atom is -0.481 e. The normalized spacial score (nSPS) is 16.1. The number of carbonyl (C=O) groups is 1. The number of carbonyl (C=O) groups excluding carboxylic acids is 1. The number of thioether (sulfide) groups is 1. The third-order valence-corrected chi connectivity index (χ3v) is 3.96. The first-order chi connectivity index (χ1) is 10.8. The standard InChI is InChI=1S/C15H13N3O3S/c1-20-13-4-10(2-3-17-13)7-21-15(19)12-5-11-6-16-9-18-14(11)22-8-12/h2-6,8H,7,9H2,1H3. The van der Waals surface area contributed by atoms with Gasteiger partial charge in [-0.25, -0.2) is 9.78 Å². The summed E-state index contributed by atoms with van der Waals surface area (Å²) in [6, 6.07) is 3.51. The molecule has 0 aromatic carbocycles. The van der Waals surface area contributed by atoms with Crippen LogP contribution in [0.3, 0.4) is 0 Å². The molecule has 6 nitrogen and oxygen atoms in total. The predicted molar refractivity (Wildman–Crippen MR) is 85.1 cm³/mol. The zero-order chi connectivity index (χ0) is 15.4. The van der Waals surface area contributed by atoms with Gasteiger partial charge in [0.05, 0.1) is 12.7 Å². The summed E-state index contributed by atoms with van der Waals surface area (Å²) in [7, 11) is 1.54. The molecule has 0 N–H and O–H groups in total. The second-order valence-electron chi connectivity index (χ2n) is 4.49. The Morgan fingerprint density at radius 2 is 2.36 bits per heavy atom. The molecule has 1 aromatic rings. The predicted octanol–water partition coefficient (Wildman–Crippen LogP) is 2.13. The van der Waals surface area contributed by atoms with Crippen LogP contribution in [0.4, 0.5) is 0 Å². The summed E-state index contributed by atoms with van der Waals surface area (Å²) in [5.74, 6) is 0.108. The molecule has 0 amide bonds. The highest BCUT2D eigenvalue weighted by molar-refractivity contribution is 8.17. The van der Waals surface area contributed by atoms with Crippen molar-refractivity contribution < 1.29 is 14.3 Å². The van der Waals surface area contributed by atoms with Gasteiger partial charge in [0.2, 0.25) is 5.88 Å². The van der Waals surface area contributed by atoms with Crippen LogP contribution in [0.2, 0.25) is 0 Å². The fourth-order valence-corrected chi connectivity index (χ4v) is 2.69. The summed E-state index contributed by atoms with van der Waals surface area (Å²) in [6.07, 6.45) is 5.08. The Morgan fingerprint density at radius 1 is 1.45 bits per heavy atom. The van der Waals surface area contributed by atoms with Gasteiger partial charge in [0.15, 0.2) is 0 Å². The molecule has 0 fully saturated rings. The fourth-order valence-electron chi connectivity index (χ4n) is 1.91. The Morgan fingerprint density at radius 3 is 3.23 bits per heavy atom. The van der Waals surface area contributed by atoms with Gasteiger partial charge >= 0.3 is 5.97 Å². The van der Waals surface area contributed by atoms with Gasteiger partial charge in [0, 0.05) is 24.1 Å². The third kappa shape index (κ3) is 3.25. The molecular weight excluding hydrogens is 302 g/mol. The van der Waals surface area contributed by atoms with E-state index in [1.165, 1.54) is 11.8 Å². The van der Waals surface area contributed by atoms with Crippen molar-refractivity contribution in [2.45, 2.75) is 6.61 Å². The van der Waals surface area contributed by atoms with E-state index in [2.05, 4.69) is 15.0 Å². The molecule has 0 atom stereocenters. The topological polar surface area (TPSA) is 73.1 Å². The SMILES string of the molecule is COc1cc(COC(=O)C2=CSC3=NCN=CC3=C2)ccn1. The van der Waals surface area contributed by atoms with Crippen molar-refractivity contribution in [3.8, 4) is 5.88 Å². The second-order valence-corrected chi connectivity index (χ2v) is 5.35. The molecule has 2 aliphatic heterocycles. The molecule has 1 aromatic heterocycles. The van der Waals surface area contributed by atoms with Crippen molar-refractivity contribution in [1.29, 1.82) is 0 Å². The number of methoxy groups -OCH3 is 1. The number of nitrogens with zero attached hydrogens (tertiary/aromatic N) is 3. The summed E-state index contributed by atoms with van der Waals surface area (Å²) in [4.78, 5) is 24.5. The van der Waals surface area contributed by atoms with Gasteiger partial charge in [-0.2, -0.15) is 0 Å². The van der Waals surface area contributed by atoms with E-state index >= 15 is 0 Å². The molecule has 112 valence electrons. The summed E-state index contributed by atoms with van der Waals surface area (Å²) < 4.78 is 10.3. The molecule has 0 radical (unpaired) electrons. The molecule has 7 heteroatoms. The highest BCUT2D eigenvalue weighted by Crippen LogP contribution is 2.25. The minimum atomic E-state index is -0.381. The van der Waals surface area contributed by atoms with E-state index < -0.39 is 0 Å². The lowest BCUT2D eigenvalue weighted by Crippen LogP contribution is -2.13. The summed E-state index contributed by atoms with van der Waals surface area (Å²) in [6.45, 7) is 0.606. The number of aliphatic imine (C=N–C) groups is 2. The summed E-state index contributed by atoms with van der Waals surface area (Å²) in [5, 5.41) is 2.63. The van der Waals surface area contributed by atoms with Gasteiger partial charge < -0.3 is 9.47 Å². The van der Waals surface area contributed by atoms with E-state index in [-0.39, 0.29) is 12.6 Å². The van der Waals surface area contributed by atoms with Crippen molar-refractivity contribution in [1.82, 2.24) is 4.98 Å². The quantitative estimate of drug-likeness (QED) is 0.796. The average Bonchev–Trinajstić information content (AvgIpc) is 2.59. The lowest BCUT2D eigenvalue weighted by molar-refractivity contribution is -0.139. The van der Waals surface area contributed by atoms with Gasteiger partial charge in [-0.05, 0) is 23.1 Å². The molecule has 22 heavy (non-hydrogen) atoms. The molecule has 3 heterocycles. The Bertz CT molecular complexity index is 722.